The lowest BCUT2D eigenvalue weighted by Gasteiger charge is -2.02. The number of aromatic nitrogens is 2. The zero-order valence-corrected chi connectivity index (χ0v) is 16.7. The Balaban J connectivity index is 1.47. The number of nitrogens with one attached hydrogen (secondary N) is 1. The molecule has 0 atom stereocenters. The van der Waals surface area contributed by atoms with Gasteiger partial charge in [0.15, 0.2) is 0 Å². The first-order chi connectivity index (χ1) is 13.0. The third-order valence-electron chi connectivity index (χ3n) is 3.77. The van der Waals surface area contributed by atoms with Crippen LogP contribution in [-0.2, 0) is 4.79 Å². The van der Waals surface area contributed by atoms with Crippen LogP contribution >= 0.6 is 23.4 Å². The maximum atomic E-state index is 12.1. The molecule has 1 N–H and O–H groups in total. The van der Waals surface area contributed by atoms with Crippen LogP contribution in [0, 0.1) is 13.8 Å². The highest BCUT2D eigenvalue weighted by Crippen LogP contribution is 2.23. The topological polar surface area (TPSA) is 68.0 Å². The molecule has 0 aliphatic carbocycles. The Morgan fingerprint density at radius 1 is 1.11 bits per heavy atom. The van der Waals surface area contributed by atoms with Gasteiger partial charge in [0.05, 0.1) is 0 Å². The van der Waals surface area contributed by atoms with Gasteiger partial charge in [-0.2, -0.15) is 0 Å². The van der Waals surface area contributed by atoms with Crippen molar-refractivity contribution in [3.05, 3.63) is 58.6 Å². The monoisotopic (exact) mass is 401 g/mol. The number of amides is 1. The van der Waals surface area contributed by atoms with Crippen LogP contribution < -0.4 is 5.32 Å². The Hall–Kier alpha value is -2.31. The van der Waals surface area contributed by atoms with Gasteiger partial charge in [0, 0.05) is 21.9 Å². The van der Waals surface area contributed by atoms with Crippen molar-refractivity contribution in [2.45, 2.75) is 31.6 Å². The second-order valence-corrected chi connectivity index (χ2v) is 7.85. The van der Waals surface area contributed by atoms with E-state index in [1.165, 1.54) is 0 Å². The van der Waals surface area contributed by atoms with E-state index >= 15 is 0 Å². The SMILES string of the molecule is Cc1cc(C)cc(-c2nnc(NC(=O)CCCSc3ccc(Cl)cc3)o2)c1. The fraction of sp³-hybridized carbons (Fsp3) is 0.250. The summed E-state index contributed by atoms with van der Waals surface area (Å²) >= 11 is 7.56. The van der Waals surface area contributed by atoms with E-state index in [9.17, 15) is 4.79 Å². The van der Waals surface area contributed by atoms with Gasteiger partial charge in [-0.25, -0.2) is 0 Å². The molecule has 2 aromatic carbocycles. The standard InChI is InChI=1S/C20H20ClN3O2S/c1-13-10-14(2)12-15(11-13)19-23-24-20(26-19)22-18(25)4-3-9-27-17-7-5-16(21)6-8-17/h5-8,10-12H,3-4,9H2,1-2H3,(H,22,24,25). The van der Waals surface area contributed by atoms with Crippen molar-refractivity contribution in [2.75, 3.05) is 11.1 Å². The first-order valence-electron chi connectivity index (χ1n) is 8.60. The van der Waals surface area contributed by atoms with E-state index in [0.29, 0.717) is 12.3 Å². The molecule has 0 saturated heterocycles. The fourth-order valence-electron chi connectivity index (χ4n) is 2.62. The van der Waals surface area contributed by atoms with E-state index in [2.05, 4.69) is 21.6 Å². The summed E-state index contributed by atoms with van der Waals surface area (Å²) in [4.78, 5) is 13.2. The summed E-state index contributed by atoms with van der Waals surface area (Å²) in [6.07, 6.45) is 1.14. The molecule has 0 saturated carbocycles. The molecule has 5 nitrogen and oxygen atoms in total. The van der Waals surface area contributed by atoms with E-state index in [4.69, 9.17) is 16.0 Å². The molecule has 1 heterocycles. The minimum absolute atomic E-state index is 0.125. The van der Waals surface area contributed by atoms with Crippen LogP contribution in [-0.4, -0.2) is 21.9 Å². The smallest absolute Gasteiger partial charge is 0.322 e. The molecule has 1 amide bonds. The zero-order valence-electron chi connectivity index (χ0n) is 15.2. The lowest BCUT2D eigenvalue weighted by molar-refractivity contribution is -0.116. The lowest BCUT2D eigenvalue weighted by Crippen LogP contribution is -2.11. The Bertz CT molecular complexity index is 905. The number of benzene rings is 2. The van der Waals surface area contributed by atoms with E-state index in [-0.39, 0.29) is 11.9 Å². The van der Waals surface area contributed by atoms with Gasteiger partial charge in [-0.05, 0) is 62.4 Å². The Kier molecular flexibility index (Phi) is 6.53. The molecular weight excluding hydrogens is 382 g/mol. The van der Waals surface area contributed by atoms with E-state index in [1.54, 1.807) is 11.8 Å². The summed E-state index contributed by atoms with van der Waals surface area (Å²) in [5.41, 5.74) is 3.08. The maximum absolute atomic E-state index is 12.1. The number of nitrogens with zero attached hydrogens (tertiary/aromatic N) is 2. The number of hydrogen-bond donors (Lipinski definition) is 1. The molecule has 7 heteroatoms. The minimum atomic E-state index is -0.137. The van der Waals surface area contributed by atoms with Crippen LogP contribution in [0.4, 0.5) is 6.01 Å². The predicted octanol–water partition coefficient (Wildman–Crippen LogP) is 5.52. The van der Waals surface area contributed by atoms with Crippen molar-refractivity contribution in [2.24, 2.45) is 0 Å². The molecule has 0 aliphatic rings. The summed E-state index contributed by atoms with van der Waals surface area (Å²) in [5.74, 6) is 1.10. The molecule has 1 aromatic heterocycles. The van der Waals surface area contributed by atoms with Crippen molar-refractivity contribution >= 4 is 35.3 Å². The number of rotatable bonds is 7. The Morgan fingerprint density at radius 2 is 1.81 bits per heavy atom. The normalized spacial score (nSPS) is 10.8. The summed E-state index contributed by atoms with van der Waals surface area (Å²) in [7, 11) is 0. The number of thioether (sulfide) groups is 1. The zero-order chi connectivity index (χ0) is 19.2. The second kappa shape index (κ2) is 9.06. The van der Waals surface area contributed by atoms with Crippen LogP contribution in [0.15, 0.2) is 51.8 Å². The predicted molar refractivity (Wildman–Crippen MR) is 109 cm³/mol. The highest BCUT2D eigenvalue weighted by atomic mass is 35.5. The van der Waals surface area contributed by atoms with Gasteiger partial charge in [0.1, 0.15) is 0 Å². The largest absolute Gasteiger partial charge is 0.403 e. The van der Waals surface area contributed by atoms with Gasteiger partial charge in [0.2, 0.25) is 11.8 Å². The van der Waals surface area contributed by atoms with Crippen LogP contribution in [0.2, 0.25) is 5.02 Å². The van der Waals surface area contributed by atoms with Crippen molar-refractivity contribution in [3.8, 4) is 11.5 Å². The minimum Gasteiger partial charge on any atom is -0.403 e. The summed E-state index contributed by atoms with van der Waals surface area (Å²) in [5, 5.41) is 11.3. The highest BCUT2D eigenvalue weighted by molar-refractivity contribution is 7.99. The van der Waals surface area contributed by atoms with Gasteiger partial charge in [-0.15, -0.1) is 16.9 Å². The van der Waals surface area contributed by atoms with E-state index in [0.717, 1.165) is 38.8 Å². The second-order valence-electron chi connectivity index (χ2n) is 6.24. The molecule has 3 aromatic rings. The van der Waals surface area contributed by atoms with Gasteiger partial charge in [0.25, 0.3) is 0 Å². The number of hydrogen-bond acceptors (Lipinski definition) is 5. The van der Waals surface area contributed by atoms with Crippen molar-refractivity contribution in [1.82, 2.24) is 10.2 Å². The maximum Gasteiger partial charge on any atom is 0.322 e. The van der Waals surface area contributed by atoms with Crippen molar-refractivity contribution in [3.63, 3.8) is 0 Å². The Labute approximate surface area is 167 Å². The van der Waals surface area contributed by atoms with E-state index in [1.807, 2.05) is 50.2 Å². The molecular formula is C20H20ClN3O2S. The van der Waals surface area contributed by atoms with Gasteiger partial charge in [-0.1, -0.05) is 33.9 Å². The van der Waals surface area contributed by atoms with Gasteiger partial charge in [-0.3, -0.25) is 10.1 Å². The number of aryl methyl sites for hydroxylation is 2. The molecule has 0 radical (unpaired) electrons. The fourth-order valence-corrected chi connectivity index (χ4v) is 3.60. The highest BCUT2D eigenvalue weighted by Gasteiger charge is 2.12. The summed E-state index contributed by atoms with van der Waals surface area (Å²) in [6.45, 7) is 4.02. The molecule has 0 bridgehead atoms. The Morgan fingerprint density at radius 3 is 2.52 bits per heavy atom. The van der Waals surface area contributed by atoms with Crippen LogP contribution in [0.5, 0.6) is 0 Å². The van der Waals surface area contributed by atoms with Crippen LogP contribution in [0.25, 0.3) is 11.5 Å². The molecule has 140 valence electrons. The lowest BCUT2D eigenvalue weighted by atomic mass is 10.1. The number of carbonyl (C=O) groups is 1. The van der Waals surface area contributed by atoms with E-state index < -0.39 is 0 Å². The first-order valence-corrected chi connectivity index (χ1v) is 9.96. The third kappa shape index (κ3) is 5.84. The quantitative estimate of drug-likeness (QED) is 0.417. The molecule has 0 spiro atoms. The van der Waals surface area contributed by atoms with Crippen molar-refractivity contribution in [1.29, 1.82) is 0 Å². The molecule has 3 rings (SSSR count). The van der Waals surface area contributed by atoms with Gasteiger partial charge >= 0.3 is 6.01 Å². The average Bonchev–Trinajstić information content (AvgIpc) is 3.08. The first kappa shape index (κ1) is 19.5. The molecule has 0 unspecified atom stereocenters. The van der Waals surface area contributed by atoms with Crippen molar-refractivity contribution < 1.29 is 9.21 Å². The number of halogens is 1. The third-order valence-corrected chi connectivity index (χ3v) is 5.12. The molecule has 0 aliphatic heterocycles. The summed E-state index contributed by atoms with van der Waals surface area (Å²) in [6, 6.07) is 13.8. The average molecular weight is 402 g/mol. The number of anilines is 1. The van der Waals surface area contributed by atoms with Gasteiger partial charge < -0.3 is 4.42 Å². The summed E-state index contributed by atoms with van der Waals surface area (Å²) < 4.78 is 5.57. The molecule has 27 heavy (non-hydrogen) atoms. The number of carbonyl (C=O) groups excluding carboxylic acids is 1. The van der Waals surface area contributed by atoms with Crippen LogP contribution in [0.3, 0.4) is 0 Å². The van der Waals surface area contributed by atoms with Crippen LogP contribution in [0.1, 0.15) is 24.0 Å². The molecule has 0 fully saturated rings.